The molecule has 41 heavy (non-hydrogen) atoms. The number of carbonyl (C=O) groups is 2. The van der Waals surface area contributed by atoms with Gasteiger partial charge in [-0.25, -0.2) is 8.78 Å². The first-order valence-corrected chi connectivity index (χ1v) is 13.8. The summed E-state index contributed by atoms with van der Waals surface area (Å²) in [5.74, 6) is -2.35. The highest BCUT2D eigenvalue weighted by molar-refractivity contribution is 6.00. The molecule has 1 saturated heterocycles. The molecule has 3 aromatic rings. The Morgan fingerprint density at radius 1 is 1.05 bits per heavy atom. The van der Waals surface area contributed by atoms with Crippen molar-refractivity contribution in [3.8, 4) is 0 Å². The Morgan fingerprint density at radius 2 is 1.73 bits per heavy atom. The Labute approximate surface area is 239 Å². The molecule has 3 aromatic carbocycles. The van der Waals surface area contributed by atoms with Gasteiger partial charge in [-0.2, -0.15) is 0 Å². The summed E-state index contributed by atoms with van der Waals surface area (Å²) in [7, 11) is 1.71. The molecule has 4 rings (SSSR count). The Hall–Kier alpha value is -3.66. The minimum absolute atomic E-state index is 0.120. The van der Waals surface area contributed by atoms with Crippen LogP contribution < -0.4 is 10.6 Å². The van der Waals surface area contributed by atoms with Crippen molar-refractivity contribution >= 4 is 11.8 Å². The van der Waals surface area contributed by atoms with E-state index in [9.17, 15) is 28.6 Å². The van der Waals surface area contributed by atoms with Crippen LogP contribution in [0, 0.1) is 11.6 Å². The SMILES string of the molecule is CCCCN(C)C(=O)c1cccc(C(=O)N[C@@](CO)(Cc2cc(F)cc(F)c2)C2CC(O)(c3ccccc3)CN2)c1. The smallest absolute Gasteiger partial charge is 0.253 e. The summed E-state index contributed by atoms with van der Waals surface area (Å²) >= 11 is 0. The van der Waals surface area contributed by atoms with Crippen LogP contribution >= 0.6 is 0 Å². The zero-order chi connectivity index (χ0) is 29.6. The van der Waals surface area contributed by atoms with Crippen LogP contribution in [-0.2, 0) is 12.0 Å². The minimum Gasteiger partial charge on any atom is -0.394 e. The molecular weight excluding hydrogens is 528 g/mol. The summed E-state index contributed by atoms with van der Waals surface area (Å²) in [6.45, 7) is 2.18. The summed E-state index contributed by atoms with van der Waals surface area (Å²) in [6, 6.07) is 17.7. The molecule has 1 fully saturated rings. The van der Waals surface area contributed by atoms with E-state index in [2.05, 4.69) is 10.6 Å². The molecule has 9 heteroatoms. The second kappa shape index (κ2) is 12.9. The van der Waals surface area contributed by atoms with E-state index in [1.807, 2.05) is 25.1 Å². The number of benzene rings is 3. The number of hydrogen-bond acceptors (Lipinski definition) is 5. The molecule has 0 aliphatic carbocycles. The molecule has 0 spiro atoms. The number of halogens is 2. The van der Waals surface area contributed by atoms with E-state index < -0.39 is 41.3 Å². The summed E-state index contributed by atoms with van der Waals surface area (Å²) in [5, 5.41) is 28.4. The van der Waals surface area contributed by atoms with Crippen LogP contribution in [0.1, 0.15) is 58.0 Å². The molecule has 2 unspecified atom stereocenters. The first kappa shape index (κ1) is 30.3. The van der Waals surface area contributed by atoms with Crippen LogP contribution in [0.3, 0.4) is 0 Å². The van der Waals surface area contributed by atoms with Gasteiger partial charge in [0.1, 0.15) is 17.2 Å². The summed E-state index contributed by atoms with van der Waals surface area (Å²) in [4.78, 5) is 28.2. The first-order chi connectivity index (χ1) is 19.6. The third-order valence-corrected chi connectivity index (χ3v) is 7.81. The Bertz CT molecular complexity index is 1350. The Kier molecular flexibility index (Phi) is 9.53. The third-order valence-electron chi connectivity index (χ3n) is 7.81. The number of aliphatic hydroxyl groups excluding tert-OH is 1. The number of nitrogens with zero attached hydrogens (tertiary/aromatic N) is 1. The highest BCUT2D eigenvalue weighted by Crippen LogP contribution is 2.36. The maximum Gasteiger partial charge on any atom is 0.253 e. The topological polar surface area (TPSA) is 102 Å². The fraction of sp³-hybridized carbons (Fsp3) is 0.375. The molecule has 1 aliphatic heterocycles. The normalized spacial score (nSPS) is 19.9. The lowest BCUT2D eigenvalue weighted by Crippen LogP contribution is -2.63. The zero-order valence-electron chi connectivity index (χ0n) is 23.4. The molecule has 0 bridgehead atoms. The van der Waals surface area contributed by atoms with Gasteiger partial charge in [0.2, 0.25) is 0 Å². The van der Waals surface area contributed by atoms with Crippen molar-refractivity contribution in [3.05, 3.63) is 107 Å². The number of β-amino-alcohol motifs (C(OH)–C–C–N with tert-alkyl or cyclic N) is 1. The molecule has 0 saturated carbocycles. The largest absolute Gasteiger partial charge is 0.394 e. The lowest BCUT2D eigenvalue weighted by molar-refractivity contribution is 0.0445. The average molecular weight is 566 g/mol. The van der Waals surface area contributed by atoms with Crippen molar-refractivity contribution in [1.29, 1.82) is 0 Å². The van der Waals surface area contributed by atoms with E-state index in [1.165, 1.54) is 6.07 Å². The molecule has 0 aromatic heterocycles. The van der Waals surface area contributed by atoms with E-state index >= 15 is 0 Å². The predicted molar refractivity (Wildman–Crippen MR) is 152 cm³/mol. The van der Waals surface area contributed by atoms with Gasteiger partial charge in [0.25, 0.3) is 11.8 Å². The second-order valence-electron chi connectivity index (χ2n) is 10.9. The maximum absolute atomic E-state index is 14.1. The van der Waals surface area contributed by atoms with Crippen molar-refractivity contribution in [2.45, 2.75) is 49.8 Å². The zero-order valence-corrected chi connectivity index (χ0v) is 23.4. The predicted octanol–water partition coefficient (Wildman–Crippen LogP) is 3.79. The molecular formula is C32H37F2N3O4. The number of aliphatic hydroxyl groups is 2. The van der Waals surface area contributed by atoms with Gasteiger partial charge < -0.3 is 25.7 Å². The number of unbranched alkanes of at least 4 members (excludes halogenated alkanes) is 1. The molecule has 3 atom stereocenters. The van der Waals surface area contributed by atoms with Crippen LogP contribution in [0.4, 0.5) is 8.78 Å². The Morgan fingerprint density at radius 3 is 2.39 bits per heavy atom. The van der Waals surface area contributed by atoms with Crippen LogP contribution in [0.15, 0.2) is 72.8 Å². The van der Waals surface area contributed by atoms with Crippen LogP contribution in [0.25, 0.3) is 0 Å². The molecule has 1 heterocycles. The van der Waals surface area contributed by atoms with Gasteiger partial charge in [-0.3, -0.25) is 9.59 Å². The molecule has 4 N–H and O–H groups in total. The number of carbonyl (C=O) groups excluding carboxylic acids is 2. The molecule has 0 radical (unpaired) electrons. The van der Waals surface area contributed by atoms with E-state index in [0.717, 1.165) is 31.0 Å². The Balaban J connectivity index is 1.66. The van der Waals surface area contributed by atoms with Gasteiger partial charge in [-0.05, 0) is 60.7 Å². The molecule has 1 aliphatic rings. The van der Waals surface area contributed by atoms with Crippen LogP contribution in [0.2, 0.25) is 0 Å². The van der Waals surface area contributed by atoms with Crippen molar-refractivity contribution in [2.24, 2.45) is 0 Å². The fourth-order valence-electron chi connectivity index (χ4n) is 5.48. The third kappa shape index (κ3) is 6.98. The van der Waals surface area contributed by atoms with E-state index in [4.69, 9.17) is 0 Å². The monoisotopic (exact) mass is 565 g/mol. The number of hydrogen-bond donors (Lipinski definition) is 4. The van der Waals surface area contributed by atoms with E-state index in [-0.39, 0.29) is 36.4 Å². The summed E-state index contributed by atoms with van der Waals surface area (Å²) < 4.78 is 28.3. The lowest BCUT2D eigenvalue weighted by atomic mass is 9.79. The summed E-state index contributed by atoms with van der Waals surface area (Å²) in [6.07, 6.45) is 1.79. The van der Waals surface area contributed by atoms with Crippen molar-refractivity contribution in [2.75, 3.05) is 26.7 Å². The van der Waals surface area contributed by atoms with Crippen LogP contribution in [0.5, 0.6) is 0 Å². The number of rotatable bonds is 11. The highest BCUT2D eigenvalue weighted by Gasteiger charge is 2.49. The quantitative estimate of drug-likeness (QED) is 0.284. The number of amides is 2. The highest BCUT2D eigenvalue weighted by atomic mass is 19.1. The van der Waals surface area contributed by atoms with Crippen molar-refractivity contribution in [3.63, 3.8) is 0 Å². The molecule has 2 amide bonds. The summed E-state index contributed by atoms with van der Waals surface area (Å²) in [5.41, 5.74) is -1.30. The molecule has 218 valence electrons. The van der Waals surface area contributed by atoms with E-state index in [1.54, 1.807) is 42.3 Å². The maximum atomic E-state index is 14.1. The average Bonchev–Trinajstić information content (AvgIpc) is 3.38. The first-order valence-electron chi connectivity index (χ1n) is 13.8. The van der Waals surface area contributed by atoms with Gasteiger partial charge in [-0.15, -0.1) is 0 Å². The van der Waals surface area contributed by atoms with Gasteiger partial charge in [0, 0.05) is 43.4 Å². The van der Waals surface area contributed by atoms with Gasteiger partial charge >= 0.3 is 0 Å². The second-order valence-corrected chi connectivity index (χ2v) is 10.9. The van der Waals surface area contributed by atoms with Gasteiger partial charge in [0.15, 0.2) is 0 Å². The fourth-order valence-corrected chi connectivity index (χ4v) is 5.48. The van der Waals surface area contributed by atoms with Crippen LogP contribution in [-0.4, -0.2) is 65.3 Å². The minimum atomic E-state index is -1.45. The van der Waals surface area contributed by atoms with Crippen molar-refractivity contribution in [1.82, 2.24) is 15.5 Å². The standard InChI is InChI=1S/C32H37F2N3O4/c1-3-4-13-37(2)30(40)24-10-8-9-23(16-24)29(39)36-31(21-38,18-22-14-26(33)17-27(34)15-22)28-19-32(41,20-35-28)25-11-6-5-7-12-25/h5-12,14-17,28,35,38,41H,3-4,13,18-21H2,1-2H3,(H,36,39)/t28?,31-,32?/m1/s1. The van der Waals surface area contributed by atoms with E-state index in [0.29, 0.717) is 17.7 Å². The van der Waals surface area contributed by atoms with Gasteiger partial charge in [-0.1, -0.05) is 49.7 Å². The number of nitrogens with one attached hydrogen (secondary N) is 2. The van der Waals surface area contributed by atoms with Crippen molar-refractivity contribution < 1.29 is 28.6 Å². The lowest BCUT2D eigenvalue weighted by Gasteiger charge is -2.39. The molecule has 7 nitrogen and oxygen atoms in total. The van der Waals surface area contributed by atoms with Gasteiger partial charge in [0.05, 0.1) is 12.1 Å².